The van der Waals surface area contributed by atoms with Gasteiger partial charge < -0.3 is 4.74 Å². The van der Waals surface area contributed by atoms with Gasteiger partial charge >= 0.3 is 0 Å². The number of thioether (sulfide) groups is 1. The van der Waals surface area contributed by atoms with Gasteiger partial charge in [0.05, 0.1) is 12.9 Å². The zero-order valence-corrected chi connectivity index (χ0v) is 13.6. The Hall–Kier alpha value is -2.47. The van der Waals surface area contributed by atoms with E-state index in [1.807, 2.05) is 30.3 Å². The lowest BCUT2D eigenvalue weighted by atomic mass is 10.2. The van der Waals surface area contributed by atoms with Gasteiger partial charge in [-0.15, -0.1) is 11.8 Å². The molecule has 2 N–H and O–H groups in total. The van der Waals surface area contributed by atoms with Crippen molar-refractivity contribution in [2.75, 3.05) is 12.9 Å². The molecule has 2 amide bonds. The topological polar surface area (TPSA) is 67.4 Å². The van der Waals surface area contributed by atoms with Crippen molar-refractivity contribution >= 4 is 23.6 Å². The fourth-order valence-electron chi connectivity index (χ4n) is 1.81. The maximum absolute atomic E-state index is 11.9. The molecule has 2 aromatic rings. The van der Waals surface area contributed by atoms with E-state index >= 15 is 0 Å². The summed E-state index contributed by atoms with van der Waals surface area (Å²) in [5, 5.41) is 0. The fraction of sp³-hybridized carbons (Fsp3) is 0.176. The Morgan fingerprint density at radius 1 is 1.00 bits per heavy atom. The van der Waals surface area contributed by atoms with Crippen molar-refractivity contribution in [3.8, 4) is 5.75 Å². The second-order valence-corrected chi connectivity index (χ2v) is 5.69. The molecule has 0 saturated heterocycles. The molecule has 0 bridgehead atoms. The van der Waals surface area contributed by atoms with E-state index in [2.05, 4.69) is 10.9 Å². The molecule has 0 aromatic heterocycles. The first-order valence-electron chi connectivity index (χ1n) is 7.04. The Bertz CT molecular complexity index is 645. The molecule has 2 rings (SSSR count). The summed E-state index contributed by atoms with van der Waals surface area (Å²) < 4.78 is 5.02. The van der Waals surface area contributed by atoms with E-state index in [0.717, 1.165) is 11.3 Å². The fourth-order valence-corrected chi connectivity index (χ4v) is 2.60. The Morgan fingerprint density at radius 2 is 1.70 bits per heavy atom. The van der Waals surface area contributed by atoms with Crippen LogP contribution < -0.4 is 15.6 Å². The number of ether oxygens (including phenoxy) is 1. The van der Waals surface area contributed by atoms with Crippen molar-refractivity contribution in [2.24, 2.45) is 0 Å². The zero-order chi connectivity index (χ0) is 16.5. The Labute approximate surface area is 139 Å². The highest BCUT2D eigenvalue weighted by atomic mass is 32.2. The standard InChI is InChI=1S/C17H18N2O3S/c1-22-15-9-7-14(8-10-15)17(21)19-18-16(20)12-23-11-13-5-3-2-4-6-13/h2-10H,11-12H2,1H3,(H,18,20)(H,19,21). The van der Waals surface area contributed by atoms with Gasteiger partial charge in [-0.2, -0.15) is 0 Å². The van der Waals surface area contributed by atoms with Crippen LogP contribution >= 0.6 is 11.8 Å². The number of rotatable bonds is 6. The molecule has 0 radical (unpaired) electrons. The van der Waals surface area contributed by atoms with Gasteiger partial charge in [0.2, 0.25) is 5.91 Å². The molecule has 0 aliphatic heterocycles. The van der Waals surface area contributed by atoms with Crippen LogP contribution in [0, 0.1) is 0 Å². The molecule has 0 spiro atoms. The van der Waals surface area contributed by atoms with Crippen LogP contribution in [0.5, 0.6) is 5.75 Å². The molecular formula is C17H18N2O3S. The number of carbonyl (C=O) groups is 2. The highest BCUT2D eigenvalue weighted by molar-refractivity contribution is 7.99. The number of methoxy groups -OCH3 is 1. The average molecular weight is 330 g/mol. The molecule has 23 heavy (non-hydrogen) atoms. The van der Waals surface area contributed by atoms with Gasteiger partial charge in [0.1, 0.15) is 5.75 Å². The first-order valence-corrected chi connectivity index (χ1v) is 8.19. The van der Waals surface area contributed by atoms with Gasteiger partial charge in [-0.25, -0.2) is 0 Å². The number of hydrogen-bond donors (Lipinski definition) is 2. The predicted octanol–water partition coefficient (Wildman–Crippen LogP) is 2.39. The Balaban J connectivity index is 1.70. The summed E-state index contributed by atoms with van der Waals surface area (Å²) in [7, 11) is 1.56. The number of amides is 2. The van der Waals surface area contributed by atoms with Crippen LogP contribution in [0.15, 0.2) is 54.6 Å². The molecule has 2 aromatic carbocycles. The number of hydrazine groups is 1. The van der Waals surface area contributed by atoms with Gasteiger partial charge in [0, 0.05) is 11.3 Å². The summed E-state index contributed by atoms with van der Waals surface area (Å²) in [6.07, 6.45) is 0. The van der Waals surface area contributed by atoms with E-state index in [1.54, 1.807) is 31.4 Å². The third-order valence-electron chi connectivity index (χ3n) is 3.01. The lowest BCUT2D eigenvalue weighted by Gasteiger charge is -2.08. The molecular weight excluding hydrogens is 312 g/mol. The highest BCUT2D eigenvalue weighted by Gasteiger charge is 2.07. The largest absolute Gasteiger partial charge is 0.497 e. The molecule has 5 nitrogen and oxygen atoms in total. The van der Waals surface area contributed by atoms with Crippen LogP contribution in [0.2, 0.25) is 0 Å². The quantitative estimate of drug-likeness (QED) is 0.798. The van der Waals surface area contributed by atoms with Crippen LogP contribution in [0.25, 0.3) is 0 Å². The molecule has 0 heterocycles. The minimum absolute atomic E-state index is 0.243. The third kappa shape index (κ3) is 5.67. The number of benzene rings is 2. The molecule has 0 aliphatic rings. The van der Waals surface area contributed by atoms with Crippen molar-refractivity contribution < 1.29 is 14.3 Å². The molecule has 120 valence electrons. The average Bonchev–Trinajstić information content (AvgIpc) is 2.60. The molecule has 0 aliphatic carbocycles. The van der Waals surface area contributed by atoms with Gasteiger partial charge in [0.15, 0.2) is 0 Å². The predicted molar refractivity (Wildman–Crippen MR) is 91.2 cm³/mol. The minimum atomic E-state index is -0.367. The van der Waals surface area contributed by atoms with Gasteiger partial charge in [0.25, 0.3) is 5.91 Å². The maximum Gasteiger partial charge on any atom is 0.269 e. The van der Waals surface area contributed by atoms with Crippen molar-refractivity contribution in [3.05, 3.63) is 65.7 Å². The van der Waals surface area contributed by atoms with Crippen molar-refractivity contribution in [1.82, 2.24) is 10.9 Å². The first-order chi connectivity index (χ1) is 11.2. The number of nitrogens with one attached hydrogen (secondary N) is 2. The van der Waals surface area contributed by atoms with E-state index < -0.39 is 0 Å². The molecule has 0 fully saturated rings. The van der Waals surface area contributed by atoms with E-state index in [4.69, 9.17) is 4.74 Å². The molecule has 0 atom stereocenters. The van der Waals surface area contributed by atoms with E-state index in [1.165, 1.54) is 11.8 Å². The highest BCUT2D eigenvalue weighted by Crippen LogP contribution is 2.12. The summed E-state index contributed by atoms with van der Waals surface area (Å²) in [5.41, 5.74) is 6.40. The minimum Gasteiger partial charge on any atom is -0.497 e. The van der Waals surface area contributed by atoms with E-state index in [9.17, 15) is 9.59 Å². The smallest absolute Gasteiger partial charge is 0.269 e. The SMILES string of the molecule is COc1ccc(C(=O)NNC(=O)CSCc2ccccc2)cc1. The van der Waals surface area contributed by atoms with Crippen LogP contribution in [-0.2, 0) is 10.5 Å². The first kappa shape index (κ1) is 16.9. The maximum atomic E-state index is 11.9. The number of hydrogen-bond acceptors (Lipinski definition) is 4. The van der Waals surface area contributed by atoms with Gasteiger partial charge in [-0.05, 0) is 29.8 Å². The summed E-state index contributed by atoms with van der Waals surface area (Å²) in [6, 6.07) is 16.5. The van der Waals surface area contributed by atoms with Gasteiger partial charge in [-0.1, -0.05) is 30.3 Å². The third-order valence-corrected chi connectivity index (χ3v) is 4.02. The molecule has 0 unspecified atom stereocenters. The van der Waals surface area contributed by atoms with Crippen LogP contribution in [-0.4, -0.2) is 24.7 Å². The Morgan fingerprint density at radius 3 is 2.35 bits per heavy atom. The van der Waals surface area contributed by atoms with E-state index in [-0.39, 0.29) is 17.6 Å². The van der Waals surface area contributed by atoms with Crippen LogP contribution in [0.4, 0.5) is 0 Å². The van der Waals surface area contributed by atoms with Crippen molar-refractivity contribution in [2.45, 2.75) is 5.75 Å². The van der Waals surface area contributed by atoms with Crippen LogP contribution in [0.3, 0.4) is 0 Å². The zero-order valence-electron chi connectivity index (χ0n) is 12.7. The second kappa shape index (κ2) is 8.85. The summed E-state index contributed by atoms with van der Waals surface area (Å²) in [5.74, 6) is 1.09. The summed E-state index contributed by atoms with van der Waals surface area (Å²) in [4.78, 5) is 23.6. The second-order valence-electron chi connectivity index (χ2n) is 4.71. The normalized spacial score (nSPS) is 9.96. The lowest BCUT2D eigenvalue weighted by Crippen LogP contribution is -2.42. The summed E-state index contributed by atoms with van der Waals surface area (Å²) >= 11 is 1.49. The Kier molecular flexibility index (Phi) is 6.50. The lowest BCUT2D eigenvalue weighted by molar-refractivity contribution is -0.119. The van der Waals surface area contributed by atoms with Crippen molar-refractivity contribution in [3.63, 3.8) is 0 Å². The van der Waals surface area contributed by atoms with E-state index in [0.29, 0.717) is 11.3 Å². The number of carbonyl (C=O) groups excluding carboxylic acids is 2. The van der Waals surface area contributed by atoms with Gasteiger partial charge in [-0.3, -0.25) is 20.4 Å². The van der Waals surface area contributed by atoms with Crippen LogP contribution in [0.1, 0.15) is 15.9 Å². The molecule has 6 heteroatoms. The summed E-state index contributed by atoms with van der Waals surface area (Å²) in [6.45, 7) is 0. The van der Waals surface area contributed by atoms with Crippen molar-refractivity contribution in [1.29, 1.82) is 0 Å². The molecule has 0 saturated carbocycles. The monoisotopic (exact) mass is 330 g/mol.